The number of carboxylic acids is 1. The Morgan fingerprint density at radius 2 is 1.81 bits per heavy atom. The molecule has 0 aliphatic rings. The Labute approximate surface area is 91.3 Å². The maximum absolute atomic E-state index is 11.2. The highest BCUT2D eigenvalue weighted by Crippen LogP contribution is 2.58. The third kappa shape index (κ3) is 1.82. The zero-order valence-corrected chi connectivity index (χ0v) is 9.26. The van der Waals surface area contributed by atoms with Gasteiger partial charge in [0.05, 0.1) is 0 Å². The molecule has 4 N–H and O–H groups in total. The summed E-state index contributed by atoms with van der Waals surface area (Å²) in [5, 5.41) is 15.9. The number of aliphatic carboxylic acids is 1. The highest BCUT2D eigenvalue weighted by atomic mass is 31.2. The van der Waals surface area contributed by atoms with Gasteiger partial charge in [0.1, 0.15) is 5.75 Å². The van der Waals surface area contributed by atoms with Crippen molar-refractivity contribution in [1.82, 2.24) is 0 Å². The molecule has 0 bridgehead atoms. The van der Waals surface area contributed by atoms with E-state index in [0.717, 1.165) is 6.92 Å². The summed E-state index contributed by atoms with van der Waals surface area (Å²) in [6.45, 7) is 0.880. The van der Waals surface area contributed by atoms with Crippen LogP contribution in [-0.2, 0) is 14.5 Å². The summed E-state index contributed by atoms with van der Waals surface area (Å²) in [6, 6.07) is 5.17. The molecule has 1 atom stereocenters. The number of carbonyl (C=O) groups is 1. The van der Waals surface area contributed by atoms with Gasteiger partial charge in [0.25, 0.3) is 0 Å². The van der Waals surface area contributed by atoms with Crippen LogP contribution in [-0.4, -0.2) is 26.0 Å². The molecular weight excluding hydrogens is 235 g/mol. The predicted molar refractivity (Wildman–Crippen MR) is 55.1 cm³/mol. The first-order chi connectivity index (χ1) is 7.21. The molecule has 6 nitrogen and oxygen atoms in total. The molecule has 1 aromatic carbocycles. The van der Waals surface area contributed by atoms with Crippen molar-refractivity contribution in [2.24, 2.45) is 0 Å². The van der Waals surface area contributed by atoms with Crippen LogP contribution in [0.15, 0.2) is 24.3 Å². The standard InChI is InChI=1S/C9H11O6P/c1-9(8(11)12,16(13,14)15)6-4-2-3-5-7(6)10/h2-5,10H,1H3,(H,11,12)(H2,13,14,15). The lowest BCUT2D eigenvalue weighted by atomic mass is 9.99. The quantitative estimate of drug-likeness (QED) is 0.588. The molecule has 0 aliphatic heterocycles. The summed E-state index contributed by atoms with van der Waals surface area (Å²) in [5.41, 5.74) is -0.309. The highest BCUT2D eigenvalue weighted by Gasteiger charge is 2.52. The van der Waals surface area contributed by atoms with Crippen LogP contribution in [0.4, 0.5) is 0 Å². The van der Waals surface area contributed by atoms with Gasteiger partial charge in [-0.1, -0.05) is 18.2 Å². The first-order valence-corrected chi connectivity index (χ1v) is 5.90. The molecule has 0 aromatic heterocycles. The van der Waals surface area contributed by atoms with E-state index >= 15 is 0 Å². The molecule has 16 heavy (non-hydrogen) atoms. The fraction of sp³-hybridized carbons (Fsp3) is 0.222. The number of para-hydroxylation sites is 1. The van der Waals surface area contributed by atoms with Crippen LogP contribution in [0.5, 0.6) is 5.75 Å². The predicted octanol–water partition coefficient (Wildman–Crippen LogP) is 0.870. The molecule has 7 heteroatoms. The van der Waals surface area contributed by atoms with Gasteiger partial charge in [-0.15, -0.1) is 0 Å². The van der Waals surface area contributed by atoms with E-state index in [-0.39, 0.29) is 5.56 Å². The van der Waals surface area contributed by atoms with Gasteiger partial charge in [-0.2, -0.15) is 0 Å². The average molecular weight is 246 g/mol. The summed E-state index contributed by atoms with van der Waals surface area (Å²) in [7, 11) is -4.95. The van der Waals surface area contributed by atoms with Crippen molar-refractivity contribution in [3.8, 4) is 5.75 Å². The lowest BCUT2D eigenvalue weighted by molar-refractivity contribution is -0.140. The number of hydrogen-bond acceptors (Lipinski definition) is 3. The summed E-state index contributed by atoms with van der Waals surface area (Å²) >= 11 is 0. The van der Waals surface area contributed by atoms with Crippen LogP contribution in [0.25, 0.3) is 0 Å². The van der Waals surface area contributed by atoms with E-state index in [1.54, 1.807) is 0 Å². The van der Waals surface area contributed by atoms with Gasteiger partial charge >= 0.3 is 13.6 Å². The molecule has 0 aliphatic carbocycles. The number of phenols is 1. The number of benzene rings is 1. The highest BCUT2D eigenvalue weighted by molar-refractivity contribution is 7.54. The van der Waals surface area contributed by atoms with Crippen molar-refractivity contribution in [2.75, 3.05) is 0 Å². The zero-order valence-electron chi connectivity index (χ0n) is 8.36. The van der Waals surface area contributed by atoms with Gasteiger partial charge in [0.15, 0.2) is 5.16 Å². The van der Waals surface area contributed by atoms with E-state index in [2.05, 4.69) is 0 Å². The SMILES string of the molecule is CC(C(=O)O)(c1ccccc1O)P(=O)(O)O. The Kier molecular flexibility index (Phi) is 3.10. The summed E-state index contributed by atoms with van der Waals surface area (Å²) < 4.78 is 11.2. The topological polar surface area (TPSA) is 115 Å². The van der Waals surface area contributed by atoms with E-state index in [1.165, 1.54) is 24.3 Å². The molecule has 0 saturated heterocycles. The summed E-state index contributed by atoms with van der Waals surface area (Å²) in [4.78, 5) is 29.2. The Bertz CT molecular complexity index is 465. The lowest BCUT2D eigenvalue weighted by Crippen LogP contribution is -2.32. The van der Waals surface area contributed by atoms with E-state index in [0.29, 0.717) is 0 Å². The van der Waals surface area contributed by atoms with Gasteiger partial charge in [0, 0.05) is 5.56 Å². The summed E-state index contributed by atoms with van der Waals surface area (Å²) in [5.74, 6) is -2.15. The molecule has 1 aromatic rings. The monoisotopic (exact) mass is 246 g/mol. The van der Waals surface area contributed by atoms with Crippen molar-refractivity contribution >= 4 is 13.6 Å². The third-order valence-electron chi connectivity index (χ3n) is 2.43. The van der Waals surface area contributed by atoms with Crippen molar-refractivity contribution in [3.05, 3.63) is 29.8 Å². The molecule has 1 unspecified atom stereocenters. The Hall–Kier alpha value is -1.36. The molecule has 88 valence electrons. The number of aromatic hydroxyl groups is 1. The van der Waals surface area contributed by atoms with Crippen molar-refractivity contribution < 1.29 is 29.4 Å². The van der Waals surface area contributed by atoms with Gasteiger partial charge in [-0.05, 0) is 13.0 Å². The van der Waals surface area contributed by atoms with Gasteiger partial charge < -0.3 is 20.0 Å². The van der Waals surface area contributed by atoms with Crippen LogP contribution >= 0.6 is 7.60 Å². The second kappa shape index (κ2) is 3.90. The molecular formula is C9H11O6P. The minimum Gasteiger partial charge on any atom is -0.508 e. The average Bonchev–Trinajstić information content (AvgIpc) is 2.15. The lowest BCUT2D eigenvalue weighted by Gasteiger charge is -2.26. The van der Waals surface area contributed by atoms with E-state index in [4.69, 9.17) is 14.9 Å². The van der Waals surface area contributed by atoms with E-state index < -0.39 is 24.5 Å². The molecule has 0 fully saturated rings. The first kappa shape index (κ1) is 12.7. The minimum atomic E-state index is -4.95. The number of carboxylic acid groups (broad SMARTS) is 1. The van der Waals surface area contributed by atoms with Gasteiger partial charge in [-0.3, -0.25) is 9.36 Å². The van der Waals surface area contributed by atoms with Crippen LogP contribution in [0.3, 0.4) is 0 Å². The molecule has 0 saturated carbocycles. The fourth-order valence-corrected chi connectivity index (χ4v) is 2.03. The molecule has 0 spiro atoms. The van der Waals surface area contributed by atoms with Crippen molar-refractivity contribution in [3.63, 3.8) is 0 Å². The Morgan fingerprint density at radius 1 is 1.31 bits per heavy atom. The van der Waals surface area contributed by atoms with E-state index in [9.17, 15) is 14.5 Å². The maximum Gasteiger partial charge on any atom is 0.347 e. The van der Waals surface area contributed by atoms with E-state index in [1.807, 2.05) is 0 Å². The van der Waals surface area contributed by atoms with Gasteiger partial charge in [0.2, 0.25) is 0 Å². The number of hydrogen-bond donors (Lipinski definition) is 4. The zero-order chi connectivity index (χ0) is 12.6. The number of phenolic OH excluding ortho intramolecular Hbond substituents is 1. The van der Waals surface area contributed by atoms with Crippen LogP contribution in [0, 0.1) is 0 Å². The smallest absolute Gasteiger partial charge is 0.347 e. The molecule has 1 rings (SSSR count). The first-order valence-electron chi connectivity index (χ1n) is 4.28. The third-order valence-corrected chi connectivity index (χ3v) is 4.02. The van der Waals surface area contributed by atoms with Crippen LogP contribution in [0.1, 0.15) is 12.5 Å². The van der Waals surface area contributed by atoms with Crippen LogP contribution in [0.2, 0.25) is 0 Å². The summed E-state index contributed by atoms with van der Waals surface area (Å²) in [6.07, 6.45) is 0. The number of rotatable bonds is 3. The van der Waals surface area contributed by atoms with Crippen molar-refractivity contribution in [1.29, 1.82) is 0 Å². The maximum atomic E-state index is 11.2. The largest absolute Gasteiger partial charge is 0.508 e. The van der Waals surface area contributed by atoms with Crippen molar-refractivity contribution in [2.45, 2.75) is 12.1 Å². The molecule has 0 amide bonds. The Morgan fingerprint density at radius 3 is 2.19 bits per heavy atom. The Balaban J connectivity index is 3.53. The second-order valence-corrected chi connectivity index (χ2v) is 5.42. The van der Waals surface area contributed by atoms with Crippen LogP contribution < -0.4 is 0 Å². The molecule has 0 heterocycles. The fourth-order valence-electron chi connectivity index (χ4n) is 1.28. The molecule has 0 radical (unpaired) electrons. The minimum absolute atomic E-state index is 0.309. The normalized spacial score (nSPS) is 15.4. The van der Waals surface area contributed by atoms with Gasteiger partial charge in [-0.25, -0.2) is 0 Å². The second-order valence-electron chi connectivity index (χ2n) is 3.44.